The number of likely N-dealkylation sites (tertiary alicyclic amines) is 2. The summed E-state index contributed by atoms with van der Waals surface area (Å²) in [5, 5.41) is 27.6. The van der Waals surface area contributed by atoms with Gasteiger partial charge in [0.1, 0.15) is 23.6 Å². The van der Waals surface area contributed by atoms with E-state index in [9.17, 15) is 34.7 Å². The lowest BCUT2D eigenvalue weighted by Gasteiger charge is -2.22. The van der Waals surface area contributed by atoms with E-state index >= 15 is 0 Å². The van der Waals surface area contributed by atoms with Crippen molar-refractivity contribution in [2.24, 2.45) is 0 Å². The fourth-order valence-electron chi connectivity index (χ4n) is 3.90. The Morgan fingerprint density at radius 3 is 1.69 bits per heavy atom. The first-order valence-corrected chi connectivity index (χ1v) is 10.2. The maximum absolute atomic E-state index is 12.4. The van der Waals surface area contributed by atoms with Crippen molar-refractivity contribution >= 4 is 23.8 Å². The van der Waals surface area contributed by atoms with Crippen LogP contribution in [-0.4, -0.2) is 82.2 Å². The molecule has 2 atom stereocenters. The fraction of sp³-hybridized carbons (Fsp3) is 0.476. The van der Waals surface area contributed by atoms with Gasteiger partial charge in [0.2, 0.25) is 0 Å². The molecule has 1 aromatic rings. The molecule has 0 aromatic heterocycles. The number of nitrogens with zero attached hydrogens (tertiary/aromatic N) is 3. The van der Waals surface area contributed by atoms with Crippen molar-refractivity contribution in [1.29, 1.82) is 5.26 Å². The van der Waals surface area contributed by atoms with Crippen molar-refractivity contribution in [1.82, 2.24) is 9.80 Å². The summed E-state index contributed by atoms with van der Waals surface area (Å²) in [6.45, 7) is -0.153. The lowest BCUT2D eigenvalue weighted by molar-refractivity contribution is -0.149. The standard InChI is InChI=1S/C21H23N3O8/c22-10-13-7-14(31-11-18(25)23-5-1-3-16(23)20(27)28)9-15(8-13)32-12-19(26)24-6-2-4-17(24)21(29)30/h7-9,16-17H,1-6,11-12H2,(H,27,28)(H,29,30). The minimum atomic E-state index is -1.06. The summed E-state index contributed by atoms with van der Waals surface area (Å²) in [6.07, 6.45) is 1.96. The van der Waals surface area contributed by atoms with Crippen LogP contribution >= 0.6 is 0 Å². The number of hydrogen-bond acceptors (Lipinski definition) is 7. The van der Waals surface area contributed by atoms with E-state index in [1.165, 1.54) is 28.0 Å². The van der Waals surface area contributed by atoms with Crippen LogP contribution in [0.4, 0.5) is 0 Å². The Labute approximate surface area is 183 Å². The van der Waals surface area contributed by atoms with Gasteiger partial charge in [-0.3, -0.25) is 9.59 Å². The van der Waals surface area contributed by atoms with E-state index in [-0.39, 0.29) is 17.1 Å². The zero-order valence-electron chi connectivity index (χ0n) is 17.2. The third-order valence-electron chi connectivity index (χ3n) is 5.45. The Morgan fingerprint density at radius 1 is 0.875 bits per heavy atom. The first-order chi connectivity index (χ1) is 15.3. The molecule has 2 fully saturated rings. The summed E-state index contributed by atoms with van der Waals surface area (Å²) < 4.78 is 10.9. The summed E-state index contributed by atoms with van der Waals surface area (Å²) in [7, 11) is 0. The summed E-state index contributed by atoms with van der Waals surface area (Å²) in [5.74, 6) is -2.80. The van der Waals surface area contributed by atoms with Crippen LogP contribution in [0.2, 0.25) is 0 Å². The molecular weight excluding hydrogens is 422 g/mol. The molecule has 2 aliphatic heterocycles. The topological polar surface area (TPSA) is 157 Å². The molecular formula is C21H23N3O8. The Bertz CT molecular complexity index is 891. The van der Waals surface area contributed by atoms with Gasteiger partial charge in [-0.15, -0.1) is 0 Å². The van der Waals surface area contributed by atoms with E-state index in [1.807, 2.05) is 6.07 Å². The Hall–Kier alpha value is -3.81. The minimum absolute atomic E-state index is 0.149. The molecule has 1 aromatic carbocycles. The van der Waals surface area contributed by atoms with Gasteiger partial charge in [-0.05, 0) is 37.8 Å². The van der Waals surface area contributed by atoms with Gasteiger partial charge in [-0.25, -0.2) is 9.59 Å². The molecule has 2 heterocycles. The molecule has 2 unspecified atom stereocenters. The zero-order chi connectivity index (χ0) is 23.3. The smallest absolute Gasteiger partial charge is 0.326 e. The van der Waals surface area contributed by atoms with E-state index in [2.05, 4.69) is 0 Å². The molecule has 32 heavy (non-hydrogen) atoms. The van der Waals surface area contributed by atoms with E-state index in [0.29, 0.717) is 38.8 Å². The number of carboxylic acid groups (broad SMARTS) is 2. The highest BCUT2D eigenvalue weighted by Crippen LogP contribution is 2.24. The number of rotatable bonds is 8. The monoisotopic (exact) mass is 445 g/mol. The molecule has 0 spiro atoms. The number of carboxylic acids is 2. The molecule has 0 radical (unpaired) electrons. The number of ether oxygens (including phenoxy) is 2. The predicted octanol–water partition coefficient (Wildman–Crippen LogP) is 0.467. The molecule has 2 saturated heterocycles. The number of carbonyl (C=O) groups is 4. The Balaban J connectivity index is 1.61. The van der Waals surface area contributed by atoms with Crippen LogP contribution < -0.4 is 9.47 Å². The maximum Gasteiger partial charge on any atom is 0.326 e. The van der Waals surface area contributed by atoms with Crippen LogP contribution in [0.15, 0.2) is 18.2 Å². The number of aliphatic carboxylic acids is 2. The average molecular weight is 445 g/mol. The predicted molar refractivity (Wildman–Crippen MR) is 107 cm³/mol. The zero-order valence-corrected chi connectivity index (χ0v) is 17.2. The summed E-state index contributed by atoms with van der Waals surface area (Å²) in [5.41, 5.74) is 0.173. The molecule has 11 nitrogen and oxygen atoms in total. The Morgan fingerprint density at radius 2 is 1.31 bits per heavy atom. The largest absolute Gasteiger partial charge is 0.484 e. The fourth-order valence-corrected chi connectivity index (χ4v) is 3.90. The lowest BCUT2D eigenvalue weighted by atomic mass is 10.2. The number of benzene rings is 1. The van der Waals surface area contributed by atoms with Gasteiger partial charge in [0.05, 0.1) is 11.6 Å². The summed E-state index contributed by atoms with van der Waals surface area (Å²) >= 11 is 0. The molecule has 2 amide bonds. The highest BCUT2D eigenvalue weighted by molar-refractivity contribution is 5.85. The van der Waals surface area contributed by atoms with Crippen LogP contribution in [0.5, 0.6) is 11.5 Å². The van der Waals surface area contributed by atoms with Crippen LogP contribution in [0.1, 0.15) is 31.2 Å². The van der Waals surface area contributed by atoms with Crippen molar-refractivity contribution in [3.63, 3.8) is 0 Å². The lowest BCUT2D eigenvalue weighted by Crippen LogP contribution is -2.42. The Kier molecular flexibility index (Phi) is 7.14. The molecule has 2 N–H and O–H groups in total. The van der Waals surface area contributed by atoms with E-state index in [4.69, 9.17) is 9.47 Å². The molecule has 0 bridgehead atoms. The number of carbonyl (C=O) groups excluding carboxylic acids is 2. The highest BCUT2D eigenvalue weighted by atomic mass is 16.5. The van der Waals surface area contributed by atoms with Crippen LogP contribution in [0, 0.1) is 11.3 Å². The van der Waals surface area contributed by atoms with Gasteiger partial charge in [0.25, 0.3) is 11.8 Å². The minimum Gasteiger partial charge on any atom is -0.484 e. The number of hydrogen-bond donors (Lipinski definition) is 2. The number of nitriles is 1. The van der Waals surface area contributed by atoms with E-state index in [1.54, 1.807) is 0 Å². The first-order valence-electron chi connectivity index (χ1n) is 10.2. The first kappa shape index (κ1) is 22.9. The molecule has 170 valence electrons. The average Bonchev–Trinajstić information content (AvgIpc) is 3.45. The van der Waals surface area contributed by atoms with Gasteiger partial charge in [0, 0.05) is 19.2 Å². The second-order valence-electron chi connectivity index (χ2n) is 7.55. The quantitative estimate of drug-likeness (QED) is 0.580. The van der Waals surface area contributed by atoms with Crippen molar-refractivity contribution in [2.75, 3.05) is 26.3 Å². The maximum atomic E-state index is 12.4. The van der Waals surface area contributed by atoms with Gasteiger partial charge in [-0.1, -0.05) is 0 Å². The third-order valence-corrected chi connectivity index (χ3v) is 5.45. The van der Waals surface area contributed by atoms with Crippen molar-refractivity contribution in [3.8, 4) is 17.6 Å². The molecule has 11 heteroatoms. The molecule has 0 aliphatic carbocycles. The van der Waals surface area contributed by atoms with Gasteiger partial charge in [-0.2, -0.15) is 5.26 Å². The number of amides is 2. The van der Waals surface area contributed by atoms with Gasteiger partial charge in [0.15, 0.2) is 13.2 Å². The molecule has 2 aliphatic rings. The van der Waals surface area contributed by atoms with Crippen LogP contribution in [0.25, 0.3) is 0 Å². The van der Waals surface area contributed by atoms with Crippen molar-refractivity contribution in [3.05, 3.63) is 23.8 Å². The third kappa shape index (κ3) is 5.26. The second-order valence-corrected chi connectivity index (χ2v) is 7.55. The van der Waals surface area contributed by atoms with Gasteiger partial charge < -0.3 is 29.5 Å². The summed E-state index contributed by atoms with van der Waals surface area (Å²) in [4.78, 5) is 49.7. The summed E-state index contributed by atoms with van der Waals surface area (Å²) in [6, 6.07) is 4.37. The highest BCUT2D eigenvalue weighted by Gasteiger charge is 2.35. The van der Waals surface area contributed by atoms with E-state index < -0.39 is 49.1 Å². The van der Waals surface area contributed by atoms with Crippen molar-refractivity contribution < 1.29 is 38.9 Å². The van der Waals surface area contributed by atoms with E-state index in [0.717, 1.165) is 0 Å². The molecule has 0 saturated carbocycles. The van der Waals surface area contributed by atoms with Crippen LogP contribution in [0.3, 0.4) is 0 Å². The van der Waals surface area contributed by atoms with Crippen molar-refractivity contribution in [2.45, 2.75) is 37.8 Å². The van der Waals surface area contributed by atoms with Crippen LogP contribution in [-0.2, 0) is 19.2 Å². The van der Waals surface area contributed by atoms with Gasteiger partial charge >= 0.3 is 11.9 Å². The normalized spacial score (nSPS) is 20.0. The second kappa shape index (κ2) is 10.00. The SMILES string of the molecule is N#Cc1cc(OCC(=O)N2CCCC2C(=O)O)cc(OCC(=O)N2CCCC2C(=O)O)c1. The molecule has 3 rings (SSSR count).